The van der Waals surface area contributed by atoms with Crippen LogP contribution in [0.25, 0.3) is 22.3 Å². The predicted octanol–water partition coefficient (Wildman–Crippen LogP) is 10.2. The highest BCUT2D eigenvalue weighted by Crippen LogP contribution is 3.02. The van der Waals surface area contributed by atoms with Gasteiger partial charge in [0.25, 0.3) is 0 Å². The first-order valence-electron chi connectivity index (χ1n) is 10.5. The Labute approximate surface area is 180 Å². The van der Waals surface area contributed by atoms with Crippen LogP contribution in [-0.2, 0) is 6.42 Å². The van der Waals surface area contributed by atoms with Gasteiger partial charge in [-0.1, -0.05) is 113 Å². The molecule has 0 aromatic heterocycles. The van der Waals surface area contributed by atoms with E-state index in [0.717, 1.165) is 29.7 Å². The first-order chi connectivity index (χ1) is 14.5. The second-order valence-electron chi connectivity index (χ2n) is 7.93. The molecule has 0 amide bonds. The number of aryl methyl sites for hydroxylation is 1. The highest BCUT2D eigenvalue weighted by Gasteiger charge is 2.65. The monoisotopic (exact) mass is 454 g/mol. The number of rotatable bonds is 9. The molecule has 0 bridgehead atoms. The van der Waals surface area contributed by atoms with E-state index in [4.69, 9.17) is 0 Å². The molecule has 0 nitrogen and oxygen atoms in total. The van der Waals surface area contributed by atoms with E-state index in [1.54, 1.807) is 12.1 Å². The smallest absolute Gasteiger partial charge is 0.0936 e. The van der Waals surface area contributed by atoms with E-state index in [9.17, 15) is 19.4 Å². The fraction of sp³-hybridized carbons (Fsp3) is 0.280. The summed E-state index contributed by atoms with van der Waals surface area (Å²) < 4.78 is 64.3. The Morgan fingerprint density at radius 1 is 0.516 bits per heavy atom. The zero-order valence-corrected chi connectivity index (χ0v) is 18.3. The molecule has 0 N–H and O–H groups in total. The van der Waals surface area contributed by atoms with Gasteiger partial charge in [0.15, 0.2) is 0 Å². The van der Waals surface area contributed by atoms with Gasteiger partial charge in [0.1, 0.15) is 4.90 Å². The van der Waals surface area contributed by atoms with Crippen LogP contribution in [0.2, 0.25) is 0 Å². The average molecular weight is 455 g/mol. The number of halogens is 5. The van der Waals surface area contributed by atoms with Gasteiger partial charge in [0, 0.05) is 0 Å². The van der Waals surface area contributed by atoms with Crippen LogP contribution < -0.4 is 0 Å². The van der Waals surface area contributed by atoms with E-state index in [0.29, 0.717) is 23.3 Å². The third kappa shape index (κ3) is 6.57. The van der Waals surface area contributed by atoms with E-state index >= 15 is 0 Å². The molecule has 3 aromatic rings. The molecule has 0 saturated heterocycles. The summed E-state index contributed by atoms with van der Waals surface area (Å²) in [4.78, 5) is -1.87. The Hall–Kier alpha value is -2.34. The molecule has 0 unspecified atom stereocenters. The van der Waals surface area contributed by atoms with Gasteiger partial charge in [-0.2, -0.15) is 0 Å². The third-order valence-corrected chi connectivity index (χ3v) is 6.54. The zero-order valence-electron chi connectivity index (χ0n) is 17.5. The van der Waals surface area contributed by atoms with Crippen molar-refractivity contribution in [1.29, 1.82) is 0 Å². The highest BCUT2D eigenvalue weighted by molar-refractivity contribution is 8.45. The summed E-state index contributed by atoms with van der Waals surface area (Å²) in [5, 5.41) is 0. The van der Waals surface area contributed by atoms with Crippen LogP contribution >= 0.6 is 10.2 Å². The lowest BCUT2D eigenvalue weighted by atomic mass is 9.98. The maximum absolute atomic E-state index is 12.9. The van der Waals surface area contributed by atoms with Crippen LogP contribution in [0.1, 0.15) is 44.6 Å². The Morgan fingerprint density at radius 3 is 1.32 bits per heavy atom. The first kappa shape index (κ1) is 23.3. The Balaban J connectivity index is 1.66. The molecule has 3 rings (SSSR count). The second-order valence-corrected chi connectivity index (χ2v) is 10.3. The van der Waals surface area contributed by atoms with Gasteiger partial charge in [-0.05, 0) is 52.8 Å². The fourth-order valence-electron chi connectivity index (χ4n) is 3.56. The van der Waals surface area contributed by atoms with Gasteiger partial charge in [-0.3, -0.25) is 0 Å². The Morgan fingerprint density at radius 2 is 0.903 bits per heavy atom. The molecule has 6 heteroatoms. The molecule has 0 heterocycles. The van der Waals surface area contributed by atoms with E-state index in [1.807, 2.05) is 12.1 Å². The van der Waals surface area contributed by atoms with Crippen LogP contribution in [0.5, 0.6) is 0 Å². The quantitative estimate of drug-likeness (QED) is 0.223. The second kappa shape index (κ2) is 8.30. The molecule has 0 aliphatic heterocycles. The van der Waals surface area contributed by atoms with Crippen LogP contribution in [0.4, 0.5) is 19.4 Å². The molecule has 3 aromatic carbocycles. The maximum Gasteiger partial charge on any atom is 0.310 e. The summed E-state index contributed by atoms with van der Waals surface area (Å²) in [7, 11) is -9.64. The molecule has 0 aliphatic rings. The molecule has 0 fully saturated rings. The summed E-state index contributed by atoms with van der Waals surface area (Å²) in [5.74, 6) is 0. The average Bonchev–Trinajstić information content (AvgIpc) is 2.73. The maximum atomic E-state index is 12.9. The number of benzene rings is 3. The predicted molar refractivity (Wildman–Crippen MR) is 121 cm³/mol. The zero-order chi connectivity index (χ0) is 22.6. The van der Waals surface area contributed by atoms with Crippen LogP contribution in [0.15, 0.2) is 77.7 Å². The van der Waals surface area contributed by atoms with Crippen molar-refractivity contribution in [1.82, 2.24) is 0 Å². The molecule has 31 heavy (non-hydrogen) atoms. The van der Waals surface area contributed by atoms with Gasteiger partial charge in [-0.15, -0.1) is 0 Å². The first-order valence-corrected chi connectivity index (χ1v) is 12.5. The highest BCUT2D eigenvalue weighted by atomic mass is 32.5. The number of hydrogen-bond acceptors (Lipinski definition) is 0. The molecule has 0 spiro atoms. The minimum absolute atomic E-state index is 0.450. The van der Waals surface area contributed by atoms with Gasteiger partial charge in [0.2, 0.25) is 0 Å². The molecule has 0 radical (unpaired) electrons. The molecule has 0 atom stereocenters. The largest absolute Gasteiger partial charge is 0.310 e. The summed E-state index contributed by atoms with van der Waals surface area (Å²) in [6.07, 6.45) is 7.31. The van der Waals surface area contributed by atoms with Crippen molar-refractivity contribution in [3.05, 3.63) is 78.4 Å². The lowest BCUT2D eigenvalue weighted by molar-refractivity contribution is 0.364. The SMILES string of the molecule is CCCCCCCc1ccc(-c2ccc(-c3ccc(S(F)(F)(F)(F)F)cc3)cc2)cc1. The van der Waals surface area contributed by atoms with Gasteiger partial charge in [-0.25, -0.2) is 0 Å². The lowest BCUT2D eigenvalue weighted by Crippen LogP contribution is -2.05. The Kier molecular flexibility index (Phi) is 6.25. The van der Waals surface area contributed by atoms with E-state index < -0.39 is 15.1 Å². The molecule has 0 saturated carbocycles. The van der Waals surface area contributed by atoms with E-state index in [2.05, 4.69) is 31.2 Å². The van der Waals surface area contributed by atoms with Crippen molar-refractivity contribution in [2.24, 2.45) is 0 Å². The summed E-state index contributed by atoms with van der Waals surface area (Å²) in [5.41, 5.74) is 4.47. The molecule has 168 valence electrons. The standard InChI is InChI=1S/C25H27F5S/c1-2-3-4-5-6-7-20-8-10-21(11-9-20)22-12-14-23(15-13-22)24-16-18-25(19-17-24)31(26,27,28,29)30/h8-19H,2-7H2,1H3. The van der Waals surface area contributed by atoms with Crippen molar-refractivity contribution in [3.8, 4) is 22.3 Å². The molecular weight excluding hydrogens is 427 g/mol. The van der Waals surface area contributed by atoms with Gasteiger partial charge < -0.3 is 0 Å². The lowest BCUT2D eigenvalue weighted by Gasteiger charge is -2.40. The molecular formula is C25H27F5S. The van der Waals surface area contributed by atoms with Crippen LogP contribution in [0.3, 0.4) is 0 Å². The normalized spacial score (nSPS) is 14.1. The third-order valence-electron chi connectivity index (χ3n) is 5.37. The number of unbranched alkanes of at least 4 members (excludes halogenated alkanes) is 4. The minimum atomic E-state index is -9.64. The van der Waals surface area contributed by atoms with E-state index in [1.165, 1.54) is 37.7 Å². The minimum Gasteiger partial charge on any atom is -0.0936 e. The van der Waals surface area contributed by atoms with Crippen molar-refractivity contribution < 1.29 is 19.4 Å². The van der Waals surface area contributed by atoms with E-state index in [-0.39, 0.29) is 0 Å². The Bertz CT molecular complexity index is 990. The van der Waals surface area contributed by atoms with Gasteiger partial charge >= 0.3 is 10.2 Å². The number of hydrogen-bond donors (Lipinski definition) is 0. The topological polar surface area (TPSA) is 0 Å². The van der Waals surface area contributed by atoms with Gasteiger partial charge in [0.05, 0.1) is 0 Å². The summed E-state index contributed by atoms with van der Waals surface area (Å²) >= 11 is 0. The fourth-order valence-corrected chi connectivity index (χ4v) is 4.21. The van der Waals surface area contributed by atoms with Crippen LogP contribution in [0, 0.1) is 0 Å². The summed E-state index contributed by atoms with van der Waals surface area (Å²) in [6, 6.07) is 18.8. The van der Waals surface area contributed by atoms with Crippen molar-refractivity contribution in [3.63, 3.8) is 0 Å². The van der Waals surface area contributed by atoms with Crippen LogP contribution in [-0.4, -0.2) is 0 Å². The van der Waals surface area contributed by atoms with Crippen molar-refractivity contribution >= 4 is 10.2 Å². The van der Waals surface area contributed by atoms with Crippen molar-refractivity contribution in [2.75, 3.05) is 0 Å². The van der Waals surface area contributed by atoms with Crippen molar-refractivity contribution in [2.45, 2.75) is 50.3 Å². The summed E-state index contributed by atoms with van der Waals surface area (Å²) in [6.45, 7) is 2.21. The molecule has 0 aliphatic carbocycles.